The molecule has 0 aromatic heterocycles. The predicted octanol–water partition coefficient (Wildman–Crippen LogP) is 1.30. The van der Waals surface area contributed by atoms with Gasteiger partial charge in [0.2, 0.25) is 0 Å². The Balaban J connectivity index is 2.05. The number of nitrogens with zero attached hydrogens (tertiary/aromatic N) is 1. The highest BCUT2D eigenvalue weighted by Gasteiger charge is 2.23. The highest BCUT2D eigenvalue weighted by Crippen LogP contribution is 2.10. The van der Waals surface area contributed by atoms with Gasteiger partial charge in [-0.2, -0.15) is 0 Å². The summed E-state index contributed by atoms with van der Waals surface area (Å²) < 4.78 is 12.8. The molecule has 0 aliphatic carbocycles. The molecule has 0 spiro atoms. The number of rotatable bonds is 3. The molecule has 1 fully saturated rings. The molecule has 92 valence electrons. The zero-order valence-electron chi connectivity index (χ0n) is 9.95. The molecule has 17 heavy (non-hydrogen) atoms. The van der Waals surface area contributed by atoms with E-state index in [1.165, 1.54) is 12.1 Å². The Hall–Kier alpha value is -1.26. The maximum absolute atomic E-state index is 12.8. The number of hydrogen-bond acceptors (Lipinski definition) is 3. The first kappa shape index (κ1) is 12.2. The Morgan fingerprint density at radius 1 is 1.29 bits per heavy atom. The largest absolute Gasteiger partial charge is 0.314 e. The first-order valence-corrected chi connectivity index (χ1v) is 5.93. The van der Waals surface area contributed by atoms with Gasteiger partial charge in [-0.05, 0) is 31.2 Å². The molecule has 0 amide bonds. The quantitative estimate of drug-likeness (QED) is 0.803. The van der Waals surface area contributed by atoms with Crippen LogP contribution in [0, 0.1) is 5.82 Å². The minimum absolute atomic E-state index is 0.0619. The number of halogens is 1. The van der Waals surface area contributed by atoms with E-state index >= 15 is 0 Å². The molecule has 1 aliphatic rings. The van der Waals surface area contributed by atoms with E-state index in [1.54, 1.807) is 12.1 Å². The van der Waals surface area contributed by atoms with Gasteiger partial charge in [0.15, 0.2) is 5.78 Å². The first-order valence-electron chi connectivity index (χ1n) is 5.93. The van der Waals surface area contributed by atoms with Crippen LogP contribution in [0.3, 0.4) is 0 Å². The molecule has 0 bridgehead atoms. The zero-order chi connectivity index (χ0) is 12.3. The third kappa shape index (κ3) is 2.90. The van der Waals surface area contributed by atoms with Crippen LogP contribution in [-0.2, 0) is 0 Å². The normalized spacial score (nSPS) is 18.9. The molecule has 1 N–H and O–H groups in total. The second kappa shape index (κ2) is 5.38. The van der Waals surface area contributed by atoms with Crippen LogP contribution in [0.15, 0.2) is 24.3 Å². The number of benzene rings is 1. The van der Waals surface area contributed by atoms with Crippen LogP contribution in [0.5, 0.6) is 0 Å². The van der Waals surface area contributed by atoms with Crippen molar-refractivity contribution in [3.8, 4) is 0 Å². The van der Waals surface area contributed by atoms with Crippen LogP contribution in [0.2, 0.25) is 0 Å². The maximum atomic E-state index is 12.8. The number of piperazine rings is 1. The number of Topliss-reactive ketones (excluding diaryl/α,β-unsaturated/α-hetero) is 1. The van der Waals surface area contributed by atoms with Gasteiger partial charge >= 0.3 is 0 Å². The highest BCUT2D eigenvalue weighted by molar-refractivity contribution is 5.99. The van der Waals surface area contributed by atoms with E-state index in [9.17, 15) is 9.18 Å². The van der Waals surface area contributed by atoms with Gasteiger partial charge in [0.25, 0.3) is 0 Å². The van der Waals surface area contributed by atoms with E-state index in [2.05, 4.69) is 10.2 Å². The van der Waals surface area contributed by atoms with Crippen molar-refractivity contribution in [3.63, 3.8) is 0 Å². The van der Waals surface area contributed by atoms with Gasteiger partial charge in [0, 0.05) is 31.7 Å². The third-order valence-electron chi connectivity index (χ3n) is 3.21. The van der Waals surface area contributed by atoms with Crippen molar-refractivity contribution in [1.29, 1.82) is 0 Å². The van der Waals surface area contributed by atoms with Gasteiger partial charge in [0.05, 0.1) is 6.04 Å². The summed E-state index contributed by atoms with van der Waals surface area (Å²) in [5, 5.41) is 3.25. The van der Waals surface area contributed by atoms with Crippen molar-refractivity contribution in [3.05, 3.63) is 35.6 Å². The highest BCUT2D eigenvalue weighted by atomic mass is 19.1. The van der Waals surface area contributed by atoms with Crippen molar-refractivity contribution in [2.75, 3.05) is 26.2 Å². The molecular weight excluding hydrogens is 219 g/mol. The summed E-state index contributed by atoms with van der Waals surface area (Å²) in [5.41, 5.74) is 0.581. The molecule has 1 heterocycles. The van der Waals surface area contributed by atoms with E-state index < -0.39 is 0 Å². The predicted molar refractivity (Wildman–Crippen MR) is 64.6 cm³/mol. The van der Waals surface area contributed by atoms with E-state index in [1.807, 2.05) is 6.92 Å². The number of nitrogens with one attached hydrogen (secondary N) is 1. The molecule has 1 aromatic rings. The third-order valence-corrected chi connectivity index (χ3v) is 3.21. The number of carbonyl (C=O) groups excluding carboxylic acids is 1. The minimum Gasteiger partial charge on any atom is -0.314 e. The van der Waals surface area contributed by atoms with E-state index in [0.29, 0.717) is 5.56 Å². The summed E-state index contributed by atoms with van der Waals surface area (Å²) in [7, 11) is 0. The summed E-state index contributed by atoms with van der Waals surface area (Å²) in [4.78, 5) is 14.3. The second-order valence-electron chi connectivity index (χ2n) is 4.33. The van der Waals surface area contributed by atoms with E-state index in [-0.39, 0.29) is 17.6 Å². The minimum atomic E-state index is -0.309. The van der Waals surface area contributed by atoms with Gasteiger partial charge in [0.1, 0.15) is 5.82 Å². The van der Waals surface area contributed by atoms with Crippen molar-refractivity contribution in [1.82, 2.24) is 10.2 Å². The monoisotopic (exact) mass is 236 g/mol. The lowest BCUT2D eigenvalue weighted by Gasteiger charge is -2.31. The molecule has 1 saturated heterocycles. The SMILES string of the molecule is CC(C(=O)c1ccc(F)cc1)N1CCNCC1. The van der Waals surface area contributed by atoms with Gasteiger partial charge < -0.3 is 5.32 Å². The summed E-state index contributed by atoms with van der Waals surface area (Å²) in [5.74, 6) is -0.247. The average Bonchev–Trinajstić information content (AvgIpc) is 2.39. The molecule has 1 aromatic carbocycles. The fourth-order valence-electron chi connectivity index (χ4n) is 2.09. The van der Waals surface area contributed by atoms with Gasteiger partial charge in [-0.25, -0.2) is 4.39 Å². The Kier molecular flexibility index (Phi) is 3.86. The van der Waals surface area contributed by atoms with Crippen molar-refractivity contribution in [2.24, 2.45) is 0 Å². The lowest BCUT2D eigenvalue weighted by molar-refractivity contribution is 0.0820. The van der Waals surface area contributed by atoms with Crippen LogP contribution in [0.1, 0.15) is 17.3 Å². The summed E-state index contributed by atoms with van der Waals surface area (Å²) in [6.07, 6.45) is 0. The molecular formula is C13H17FN2O. The Morgan fingerprint density at radius 2 is 1.88 bits per heavy atom. The van der Waals surface area contributed by atoms with Crippen molar-refractivity contribution in [2.45, 2.75) is 13.0 Å². The smallest absolute Gasteiger partial charge is 0.179 e. The zero-order valence-corrected chi connectivity index (χ0v) is 9.95. The number of carbonyl (C=O) groups is 1. The molecule has 0 radical (unpaired) electrons. The van der Waals surface area contributed by atoms with Gasteiger partial charge in [-0.3, -0.25) is 9.69 Å². The molecule has 4 heteroatoms. The summed E-state index contributed by atoms with van der Waals surface area (Å²) in [6, 6.07) is 5.63. The van der Waals surface area contributed by atoms with Crippen LogP contribution in [-0.4, -0.2) is 42.9 Å². The number of hydrogen-bond donors (Lipinski definition) is 1. The molecule has 0 saturated carbocycles. The molecule has 3 nitrogen and oxygen atoms in total. The second-order valence-corrected chi connectivity index (χ2v) is 4.33. The lowest BCUT2D eigenvalue weighted by Crippen LogP contribution is -2.50. The summed E-state index contributed by atoms with van der Waals surface area (Å²) >= 11 is 0. The van der Waals surface area contributed by atoms with Crippen molar-refractivity contribution >= 4 is 5.78 Å². The molecule has 1 unspecified atom stereocenters. The molecule has 1 atom stereocenters. The Morgan fingerprint density at radius 3 is 2.47 bits per heavy atom. The molecule has 2 rings (SSSR count). The van der Waals surface area contributed by atoms with Crippen molar-refractivity contribution < 1.29 is 9.18 Å². The van der Waals surface area contributed by atoms with E-state index in [4.69, 9.17) is 0 Å². The van der Waals surface area contributed by atoms with Crippen LogP contribution in [0.4, 0.5) is 4.39 Å². The topological polar surface area (TPSA) is 32.3 Å². The van der Waals surface area contributed by atoms with Crippen LogP contribution >= 0.6 is 0 Å². The standard InChI is InChI=1S/C13H17FN2O/c1-10(16-8-6-15-7-9-16)13(17)11-2-4-12(14)5-3-11/h2-5,10,15H,6-9H2,1H3. The molecule has 1 aliphatic heterocycles. The van der Waals surface area contributed by atoms with Gasteiger partial charge in [-0.1, -0.05) is 0 Å². The maximum Gasteiger partial charge on any atom is 0.179 e. The van der Waals surface area contributed by atoms with E-state index in [0.717, 1.165) is 26.2 Å². The lowest BCUT2D eigenvalue weighted by atomic mass is 10.0. The Labute approximate surface area is 101 Å². The number of ketones is 1. The fourth-order valence-corrected chi connectivity index (χ4v) is 2.09. The fraction of sp³-hybridized carbons (Fsp3) is 0.462. The van der Waals surface area contributed by atoms with Crippen LogP contribution < -0.4 is 5.32 Å². The summed E-state index contributed by atoms with van der Waals surface area (Å²) in [6.45, 7) is 5.52. The Bertz CT molecular complexity index is 385. The average molecular weight is 236 g/mol. The van der Waals surface area contributed by atoms with Gasteiger partial charge in [-0.15, -0.1) is 0 Å². The first-order chi connectivity index (χ1) is 8.18. The van der Waals surface area contributed by atoms with Crippen LogP contribution in [0.25, 0.3) is 0 Å².